The Balaban J connectivity index is 0.000000146. The Morgan fingerprint density at radius 1 is 0.880 bits per heavy atom. The number of carbonyl (C=O) groups is 2. The number of rotatable bonds is 0. The summed E-state index contributed by atoms with van der Waals surface area (Å²) in [5, 5.41) is 9.27. The Hall–Kier alpha value is -2.84. The molecule has 2 aromatic rings. The lowest BCUT2D eigenvalue weighted by atomic mass is 10.0. The van der Waals surface area contributed by atoms with Gasteiger partial charge in [-0.3, -0.25) is 9.59 Å². The number of benzene rings is 2. The highest BCUT2D eigenvalue weighted by Crippen LogP contribution is 2.26. The summed E-state index contributed by atoms with van der Waals surface area (Å²) in [6.07, 6.45) is 0.820. The van der Waals surface area contributed by atoms with Gasteiger partial charge >= 0.3 is 0 Å². The first-order chi connectivity index (χ1) is 12.0. The average Bonchev–Trinajstić information content (AvgIpc) is 2.61. The molecule has 0 saturated carbocycles. The molecular weight excluding hydrogens is 342 g/mol. The quantitative estimate of drug-likeness (QED) is 0.726. The van der Waals surface area contributed by atoms with Gasteiger partial charge in [0.05, 0.1) is 11.6 Å². The fourth-order valence-corrected chi connectivity index (χ4v) is 2.79. The first-order valence-electron chi connectivity index (χ1n) is 7.65. The third-order valence-corrected chi connectivity index (χ3v) is 4.00. The molecule has 0 radical (unpaired) electrons. The van der Waals surface area contributed by atoms with Crippen LogP contribution in [0.15, 0.2) is 36.4 Å². The molecule has 0 N–H and O–H groups in total. The molecule has 6 heteroatoms. The number of halogens is 1. The summed E-state index contributed by atoms with van der Waals surface area (Å²) in [6, 6.07) is 12.5. The smallest absolute Gasteiger partial charge is 0.174 e. The lowest BCUT2D eigenvalue weighted by Crippen LogP contribution is -2.20. The number of hydrogen-bond acceptors (Lipinski definition) is 5. The maximum Gasteiger partial charge on any atom is 0.174 e. The van der Waals surface area contributed by atoms with E-state index in [1.54, 1.807) is 36.4 Å². The van der Waals surface area contributed by atoms with Crippen LogP contribution >= 0.6 is 11.6 Å². The zero-order valence-electron chi connectivity index (χ0n) is 13.3. The lowest BCUT2D eigenvalue weighted by molar-refractivity contribution is -0.122. The highest BCUT2D eigenvalue weighted by molar-refractivity contribution is 6.30. The Bertz CT molecular complexity index is 885. The van der Waals surface area contributed by atoms with E-state index in [0.29, 0.717) is 23.4 Å². The van der Waals surface area contributed by atoms with Crippen molar-refractivity contribution in [3.05, 3.63) is 58.1 Å². The summed E-state index contributed by atoms with van der Waals surface area (Å²) < 4.78 is 10.4. The van der Waals surface area contributed by atoms with Crippen LogP contribution in [0.1, 0.15) is 16.7 Å². The highest BCUT2D eigenvalue weighted by Gasteiger charge is 2.17. The zero-order chi connectivity index (χ0) is 17.8. The Labute approximate surface area is 149 Å². The Morgan fingerprint density at radius 3 is 2.04 bits per heavy atom. The minimum absolute atomic E-state index is 0.0580. The first-order valence-corrected chi connectivity index (χ1v) is 8.03. The second kappa shape index (κ2) is 7.37. The molecule has 0 unspecified atom stereocenters. The van der Waals surface area contributed by atoms with Crippen molar-refractivity contribution in [2.45, 2.75) is 12.8 Å². The van der Waals surface area contributed by atoms with Crippen molar-refractivity contribution in [2.24, 2.45) is 0 Å². The number of nitriles is 1. The summed E-state index contributed by atoms with van der Waals surface area (Å²) in [7, 11) is 0. The number of carbonyl (C=O) groups excluding carboxylic acids is 2. The summed E-state index contributed by atoms with van der Waals surface area (Å²) in [5.41, 5.74) is 2.27. The molecule has 0 saturated heterocycles. The summed E-state index contributed by atoms with van der Waals surface area (Å²) >= 11 is 5.76. The van der Waals surface area contributed by atoms with Crippen molar-refractivity contribution in [1.82, 2.24) is 0 Å². The van der Waals surface area contributed by atoms with Crippen LogP contribution in [-0.4, -0.2) is 24.8 Å². The SMILES string of the molecule is N#Cc1ccc2c(c1)CC(=O)CO2.O=C1COc2ccc(Cl)cc2C1. The second-order valence-electron chi connectivity index (χ2n) is 5.69. The minimum atomic E-state index is 0.0580. The molecule has 4 rings (SSSR count). The number of Topliss-reactive ketones (excluding diaryl/α,β-unsaturated/α-hetero) is 2. The molecule has 2 aromatic carbocycles. The van der Waals surface area contributed by atoms with Gasteiger partial charge < -0.3 is 9.47 Å². The molecule has 0 fully saturated rings. The standard InChI is InChI=1S/C10H7NO2.C9H7ClO2/c11-5-7-1-2-10-8(3-7)4-9(12)6-13-10;10-7-1-2-9-6(3-7)4-8(11)5-12-9/h1-3H,4,6H2;1-3H,4-5H2. The van der Waals surface area contributed by atoms with Gasteiger partial charge in [0.15, 0.2) is 11.6 Å². The molecule has 0 atom stereocenters. The predicted octanol–water partition coefficient (Wildman–Crippen LogP) is 2.91. The monoisotopic (exact) mass is 355 g/mol. The number of fused-ring (bicyclic) bond motifs is 2. The first kappa shape index (κ1) is 17.0. The molecule has 25 heavy (non-hydrogen) atoms. The van der Waals surface area contributed by atoms with Crippen LogP contribution in [0.2, 0.25) is 5.02 Å². The molecule has 2 aliphatic heterocycles. The fourth-order valence-electron chi connectivity index (χ4n) is 2.60. The van der Waals surface area contributed by atoms with E-state index in [4.69, 9.17) is 26.3 Å². The molecule has 0 amide bonds. The van der Waals surface area contributed by atoms with Crippen molar-refractivity contribution < 1.29 is 19.1 Å². The highest BCUT2D eigenvalue weighted by atomic mass is 35.5. The van der Waals surface area contributed by atoms with Gasteiger partial charge in [-0.2, -0.15) is 5.26 Å². The van der Waals surface area contributed by atoms with Gasteiger partial charge in [0, 0.05) is 29.0 Å². The van der Waals surface area contributed by atoms with Crippen molar-refractivity contribution in [3.8, 4) is 17.6 Å². The van der Waals surface area contributed by atoms with Gasteiger partial charge in [-0.25, -0.2) is 0 Å². The van der Waals surface area contributed by atoms with Gasteiger partial charge in [-0.1, -0.05) is 11.6 Å². The third-order valence-electron chi connectivity index (χ3n) is 3.76. The third kappa shape index (κ3) is 4.17. The van der Waals surface area contributed by atoms with Crippen molar-refractivity contribution in [1.29, 1.82) is 5.26 Å². The summed E-state index contributed by atoms with van der Waals surface area (Å²) in [5.74, 6) is 1.66. The largest absolute Gasteiger partial charge is 0.486 e. The molecule has 2 heterocycles. The molecule has 2 aliphatic rings. The molecule has 0 aromatic heterocycles. The Kier molecular flexibility index (Phi) is 5.01. The predicted molar refractivity (Wildman–Crippen MR) is 91.0 cm³/mol. The topological polar surface area (TPSA) is 76.4 Å². The van der Waals surface area contributed by atoms with Gasteiger partial charge in [0.1, 0.15) is 24.7 Å². The minimum Gasteiger partial charge on any atom is -0.486 e. The lowest BCUT2D eigenvalue weighted by Gasteiger charge is -2.15. The van der Waals surface area contributed by atoms with Gasteiger partial charge in [0.2, 0.25) is 0 Å². The number of hydrogen-bond donors (Lipinski definition) is 0. The Morgan fingerprint density at radius 2 is 1.44 bits per heavy atom. The molecule has 5 nitrogen and oxygen atoms in total. The van der Waals surface area contributed by atoms with Crippen molar-refractivity contribution in [3.63, 3.8) is 0 Å². The van der Waals surface area contributed by atoms with E-state index < -0.39 is 0 Å². The number of ketones is 2. The molecule has 126 valence electrons. The van der Waals surface area contributed by atoms with E-state index in [1.807, 2.05) is 6.07 Å². The molecule has 0 aliphatic carbocycles. The van der Waals surface area contributed by atoms with Crippen LogP contribution in [0.3, 0.4) is 0 Å². The van der Waals surface area contributed by atoms with E-state index in [2.05, 4.69) is 0 Å². The molecule has 0 bridgehead atoms. The maximum atomic E-state index is 11.0. The van der Waals surface area contributed by atoms with Crippen LogP contribution in [0.5, 0.6) is 11.5 Å². The molecule has 0 spiro atoms. The van der Waals surface area contributed by atoms with Crippen LogP contribution in [-0.2, 0) is 22.4 Å². The number of ether oxygens (including phenoxy) is 2. The maximum absolute atomic E-state index is 11.0. The second-order valence-corrected chi connectivity index (χ2v) is 6.13. The van der Waals surface area contributed by atoms with Crippen LogP contribution < -0.4 is 9.47 Å². The van der Waals surface area contributed by atoms with E-state index >= 15 is 0 Å². The van der Waals surface area contributed by atoms with Crippen molar-refractivity contribution >= 4 is 23.2 Å². The van der Waals surface area contributed by atoms with Gasteiger partial charge in [0.25, 0.3) is 0 Å². The summed E-state index contributed by atoms with van der Waals surface area (Å²) in [6.45, 7) is 0.341. The average molecular weight is 356 g/mol. The fraction of sp³-hybridized carbons (Fsp3) is 0.211. The summed E-state index contributed by atoms with van der Waals surface area (Å²) in [4.78, 5) is 22.0. The van der Waals surface area contributed by atoms with E-state index in [0.717, 1.165) is 22.6 Å². The van der Waals surface area contributed by atoms with E-state index in [1.165, 1.54) is 0 Å². The van der Waals surface area contributed by atoms with Crippen LogP contribution in [0, 0.1) is 11.3 Å². The zero-order valence-corrected chi connectivity index (χ0v) is 14.0. The van der Waals surface area contributed by atoms with E-state index in [9.17, 15) is 9.59 Å². The van der Waals surface area contributed by atoms with Crippen LogP contribution in [0.4, 0.5) is 0 Å². The van der Waals surface area contributed by atoms with Gasteiger partial charge in [-0.15, -0.1) is 0 Å². The normalized spacial score (nSPS) is 14.7. The van der Waals surface area contributed by atoms with Crippen LogP contribution in [0.25, 0.3) is 0 Å². The number of nitrogens with zero attached hydrogens (tertiary/aromatic N) is 1. The van der Waals surface area contributed by atoms with Crippen molar-refractivity contribution in [2.75, 3.05) is 13.2 Å². The molecular formula is C19H14ClNO4. The van der Waals surface area contributed by atoms with E-state index in [-0.39, 0.29) is 24.8 Å². The van der Waals surface area contributed by atoms with Gasteiger partial charge in [-0.05, 0) is 36.4 Å².